The average Bonchev–Trinajstić information content (AvgIpc) is 2.98. The number of carboxylic acid groups (broad SMARTS) is 1. The summed E-state index contributed by atoms with van der Waals surface area (Å²) in [4.78, 5) is 25.0. The van der Waals surface area contributed by atoms with Crippen LogP contribution in [0.25, 0.3) is 0 Å². The van der Waals surface area contributed by atoms with Crippen molar-refractivity contribution in [1.82, 2.24) is 5.32 Å². The van der Waals surface area contributed by atoms with Gasteiger partial charge >= 0.3 is 5.97 Å². The molecule has 0 spiro atoms. The summed E-state index contributed by atoms with van der Waals surface area (Å²) in [6, 6.07) is 0.825. The lowest BCUT2D eigenvalue weighted by atomic mass is 10.2. The molecule has 0 saturated carbocycles. The zero-order valence-corrected chi connectivity index (χ0v) is 11.9. The van der Waals surface area contributed by atoms with Crippen molar-refractivity contribution >= 4 is 23.2 Å². The fourth-order valence-electron chi connectivity index (χ4n) is 2.11. The number of aliphatic carboxylic acids is 1. The summed E-state index contributed by atoms with van der Waals surface area (Å²) >= 11 is 1.45. The van der Waals surface area contributed by atoms with Crippen LogP contribution >= 0.6 is 11.3 Å². The highest BCUT2D eigenvalue weighted by Gasteiger charge is 2.23. The Balaban J connectivity index is 1.96. The van der Waals surface area contributed by atoms with Gasteiger partial charge in [-0.05, 0) is 30.9 Å². The first-order valence-corrected chi connectivity index (χ1v) is 7.27. The van der Waals surface area contributed by atoms with Gasteiger partial charge in [0.25, 0.3) is 5.91 Å². The summed E-state index contributed by atoms with van der Waals surface area (Å²) in [6.07, 6.45) is 4.68. The van der Waals surface area contributed by atoms with Gasteiger partial charge in [0.05, 0.1) is 18.1 Å². The molecule has 1 atom stereocenters. The molecule has 0 fully saturated rings. The van der Waals surface area contributed by atoms with E-state index in [-0.39, 0.29) is 19.1 Å². The molecule has 1 heterocycles. The van der Waals surface area contributed by atoms with Crippen molar-refractivity contribution in [2.75, 3.05) is 13.2 Å². The van der Waals surface area contributed by atoms with Gasteiger partial charge in [0.2, 0.25) is 0 Å². The van der Waals surface area contributed by atoms with Crippen LogP contribution in [0, 0.1) is 0 Å². The van der Waals surface area contributed by atoms with Gasteiger partial charge in [0.15, 0.2) is 6.04 Å². The van der Waals surface area contributed by atoms with E-state index in [1.165, 1.54) is 27.9 Å². The smallest absolute Gasteiger partial charge is 0.328 e. The molecule has 2 rings (SSSR count). The van der Waals surface area contributed by atoms with Crippen molar-refractivity contribution in [3.8, 4) is 0 Å². The number of hydrogen-bond acceptors (Lipinski definition) is 4. The largest absolute Gasteiger partial charge is 0.480 e. The first-order valence-electron chi connectivity index (χ1n) is 6.45. The monoisotopic (exact) mass is 295 g/mol. The number of thiophene rings is 1. The second-order valence-electron chi connectivity index (χ2n) is 4.60. The van der Waals surface area contributed by atoms with Crippen LogP contribution in [0.3, 0.4) is 0 Å². The van der Waals surface area contributed by atoms with Gasteiger partial charge in [-0.1, -0.05) is 6.08 Å². The Kier molecular flexibility index (Phi) is 4.92. The standard InChI is InChI=1S/C14H17NO4S/c1-2-6-19-8-10(14(17)18)15-13(16)12-7-9-4-3-5-11(9)20-12/h2,7,10H,1,3-6,8H2,(H,15,16)(H,17,18). The third kappa shape index (κ3) is 3.46. The van der Waals surface area contributed by atoms with Gasteiger partial charge in [-0.2, -0.15) is 0 Å². The maximum atomic E-state index is 12.1. The van der Waals surface area contributed by atoms with Crippen molar-refractivity contribution in [2.45, 2.75) is 25.3 Å². The molecular formula is C14H17NO4S. The van der Waals surface area contributed by atoms with E-state index in [0.29, 0.717) is 4.88 Å². The number of amides is 1. The molecular weight excluding hydrogens is 278 g/mol. The first-order chi connectivity index (χ1) is 9.61. The van der Waals surface area contributed by atoms with Crippen LogP contribution in [0.1, 0.15) is 26.5 Å². The molecule has 0 aliphatic heterocycles. The maximum absolute atomic E-state index is 12.1. The predicted molar refractivity (Wildman–Crippen MR) is 76.3 cm³/mol. The maximum Gasteiger partial charge on any atom is 0.328 e. The summed E-state index contributed by atoms with van der Waals surface area (Å²) in [7, 11) is 0. The highest BCUT2D eigenvalue weighted by atomic mass is 32.1. The molecule has 108 valence electrons. The lowest BCUT2D eigenvalue weighted by Crippen LogP contribution is -2.43. The van der Waals surface area contributed by atoms with Crippen LogP contribution < -0.4 is 5.32 Å². The van der Waals surface area contributed by atoms with Crippen molar-refractivity contribution in [1.29, 1.82) is 0 Å². The lowest BCUT2D eigenvalue weighted by molar-refractivity contribution is -0.140. The van der Waals surface area contributed by atoms with Crippen LogP contribution in [-0.4, -0.2) is 36.2 Å². The van der Waals surface area contributed by atoms with Gasteiger partial charge in [-0.15, -0.1) is 17.9 Å². The Morgan fingerprint density at radius 1 is 1.55 bits per heavy atom. The normalized spacial score (nSPS) is 14.6. The minimum Gasteiger partial charge on any atom is -0.480 e. The SMILES string of the molecule is C=CCOCC(NC(=O)c1cc2c(s1)CCC2)C(=O)O. The minimum atomic E-state index is -1.11. The second-order valence-corrected chi connectivity index (χ2v) is 5.74. The Morgan fingerprint density at radius 2 is 2.35 bits per heavy atom. The molecule has 5 nitrogen and oxygen atoms in total. The van der Waals surface area contributed by atoms with E-state index in [4.69, 9.17) is 9.84 Å². The molecule has 0 radical (unpaired) electrons. The van der Waals surface area contributed by atoms with Gasteiger partial charge in [-0.25, -0.2) is 4.79 Å². The van der Waals surface area contributed by atoms with Gasteiger partial charge in [0.1, 0.15) is 0 Å². The number of carbonyl (C=O) groups excluding carboxylic acids is 1. The molecule has 1 aromatic rings. The van der Waals surface area contributed by atoms with Crippen LogP contribution in [0.5, 0.6) is 0 Å². The first kappa shape index (κ1) is 14.7. The number of nitrogens with one attached hydrogen (secondary N) is 1. The molecule has 6 heteroatoms. The Hall–Kier alpha value is -1.66. The quantitative estimate of drug-likeness (QED) is 0.592. The van der Waals surface area contributed by atoms with Gasteiger partial charge < -0.3 is 15.2 Å². The molecule has 0 bridgehead atoms. The lowest BCUT2D eigenvalue weighted by Gasteiger charge is -2.13. The Morgan fingerprint density at radius 3 is 3.00 bits per heavy atom. The van der Waals surface area contributed by atoms with E-state index in [1.807, 2.05) is 6.07 Å². The molecule has 1 unspecified atom stereocenters. The van der Waals surface area contributed by atoms with E-state index < -0.39 is 12.0 Å². The Bertz CT molecular complexity index is 502. The number of aryl methyl sites for hydroxylation is 2. The van der Waals surface area contributed by atoms with E-state index in [2.05, 4.69) is 11.9 Å². The number of carbonyl (C=O) groups is 2. The van der Waals surface area contributed by atoms with Crippen molar-refractivity contribution in [3.05, 3.63) is 34.0 Å². The second kappa shape index (κ2) is 6.67. The minimum absolute atomic E-state index is 0.0712. The molecule has 2 N–H and O–H groups in total. The Labute approximate surface area is 121 Å². The van der Waals surface area contributed by atoms with E-state index in [0.717, 1.165) is 19.3 Å². The highest BCUT2D eigenvalue weighted by Crippen LogP contribution is 2.30. The molecule has 20 heavy (non-hydrogen) atoms. The van der Waals surface area contributed by atoms with E-state index in [1.54, 1.807) is 0 Å². The molecule has 0 saturated heterocycles. The summed E-state index contributed by atoms with van der Waals surface area (Å²) in [5.41, 5.74) is 1.22. The zero-order valence-electron chi connectivity index (χ0n) is 11.1. The van der Waals surface area contributed by atoms with Crippen molar-refractivity contribution in [2.24, 2.45) is 0 Å². The zero-order chi connectivity index (χ0) is 14.5. The number of fused-ring (bicyclic) bond motifs is 1. The molecule has 1 aliphatic carbocycles. The van der Waals surface area contributed by atoms with Crippen molar-refractivity contribution < 1.29 is 19.4 Å². The molecule has 1 aliphatic rings. The predicted octanol–water partition coefficient (Wildman–Crippen LogP) is 1.62. The van der Waals surface area contributed by atoms with Crippen LogP contribution in [0.4, 0.5) is 0 Å². The topological polar surface area (TPSA) is 75.6 Å². The number of hydrogen-bond donors (Lipinski definition) is 2. The molecule has 1 aromatic heterocycles. The van der Waals surface area contributed by atoms with E-state index >= 15 is 0 Å². The highest BCUT2D eigenvalue weighted by molar-refractivity contribution is 7.14. The number of carboxylic acids is 1. The van der Waals surface area contributed by atoms with Crippen LogP contribution in [0.2, 0.25) is 0 Å². The van der Waals surface area contributed by atoms with Gasteiger partial charge in [-0.3, -0.25) is 4.79 Å². The number of rotatable bonds is 7. The molecule has 1 amide bonds. The fraction of sp³-hybridized carbons (Fsp3) is 0.429. The van der Waals surface area contributed by atoms with Crippen LogP contribution in [0.15, 0.2) is 18.7 Å². The summed E-state index contributed by atoms with van der Waals surface area (Å²) in [5, 5.41) is 11.6. The van der Waals surface area contributed by atoms with Crippen LogP contribution in [-0.2, 0) is 22.4 Å². The summed E-state index contributed by atoms with van der Waals surface area (Å²) < 4.78 is 5.09. The third-order valence-corrected chi connectivity index (χ3v) is 4.33. The van der Waals surface area contributed by atoms with Crippen molar-refractivity contribution in [3.63, 3.8) is 0 Å². The van der Waals surface area contributed by atoms with Gasteiger partial charge in [0, 0.05) is 4.88 Å². The summed E-state index contributed by atoms with van der Waals surface area (Å²) in [6.45, 7) is 3.67. The van der Waals surface area contributed by atoms with E-state index in [9.17, 15) is 9.59 Å². The summed E-state index contributed by atoms with van der Waals surface area (Å²) in [5.74, 6) is -1.45. The molecule has 0 aromatic carbocycles. The number of ether oxygens (including phenoxy) is 1. The fourth-order valence-corrected chi connectivity index (χ4v) is 3.27. The third-order valence-electron chi connectivity index (χ3n) is 3.09. The average molecular weight is 295 g/mol.